The largest absolute Gasteiger partial charge is 0.496 e. The van der Waals surface area contributed by atoms with Crippen LogP contribution in [-0.4, -0.2) is 24.7 Å². The second-order valence-electron chi connectivity index (χ2n) is 6.26. The summed E-state index contributed by atoms with van der Waals surface area (Å²) in [7, 11) is 1.70. The Bertz CT molecular complexity index is 569. The van der Waals surface area contributed by atoms with Crippen molar-refractivity contribution in [1.29, 1.82) is 0 Å². The number of hydrogen-bond acceptors (Lipinski definition) is 3. The molecule has 1 saturated heterocycles. The number of rotatable bonds is 4. The molecule has 21 heavy (non-hydrogen) atoms. The van der Waals surface area contributed by atoms with Gasteiger partial charge in [-0.05, 0) is 38.3 Å². The highest BCUT2D eigenvalue weighted by Gasteiger charge is 2.37. The van der Waals surface area contributed by atoms with Crippen molar-refractivity contribution >= 4 is 5.91 Å². The van der Waals surface area contributed by atoms with E-state index in [0.29, 0.717) is 6.42 Å². The van der Waals surface area contributed by atoms with Crippen molar-refractivity contribution in [2.45, 2.75) is 57.6 Å². The van der Waals surface area contributed by atoms with E-state index in [1.54, 1.807) is 7.11 Å². The van der Waals surface area contributed by atoms with Gasteiger partial charge in [0.1, 0.15) is 17.6 Å². The first kappa shape index (κ1) is 14.2. The van der Waals surface area contributed by atoms with Crippen molar-refractivity contribution in [3.05, 3.63) is 23.3 Å². The summed E-state index contributed by atoms with van der Waals surface area (Å²) < 4.78 is 11.4. The second-order valence-corrected chi connectivity index (χ2v) is 6.26. The fourth-order valence-electron chi connectivity index (χ4n) is 3.47. The standard InChI is InChI=1S/C17H23NO3/c1-4-17(6-5-16(19)18-17)10-13-9-15-12(7-11(2)21-15)8-14(13)20-3/h8-9,11H,4-7,10H2,1-3H3,(H,18,19). The predicted molar refractivity (Wildman–Crippen MR) is 80.9 cm³/mol. The molecule has 0 spiro atoms. The third kappa shape index (κ3) is 2.59. The first-order chi connectivity index (χ1) is 10.0. The molecule has 1 N–H and O–H groups in total. The van der Waals surface area contributed by atoms with E-state index in [9.17, 15) is 4.79 Å². The lowest BCUT2D eigenvalue weighted by molar-refractivity contribution is -0.119. The molecule has 114 valence electrons. The molecule has 2 aliphatic rings. The van der Waals surface area contributed by atoms with Crippen molar-refractivity contribution < 1.29 is 14.3 Å². The summed E-state index contributed by atoms with van der Waals surface area (Å²) in [6.45, 7) is 4.21. The van der Waals surface area contributed by atoms with Crippen LogP contribution in [0.4, 0.5) is 0 Å². The van der Waals surface area contributed by atoms with Gasteiger partial charge in [-0.15, -0.1) is 0 Å². The van der Waals surface area contributed by atoms with E-state index in [2.05, 4.69) is 31.3 Å². The van der Waals surface area contributed by atoms with E-state index in [-0.39, 0.29) is 17.6 Å². The van der Waals surface area contributed by atoms with E-state index < -0.39 is 0 Å². The summed E-state index contributed by atoms with van der Waals surface area (Å²) in [5.74, 6) is 2.02. The van der Waals surface area contributed by atoms with Crippen molar-refractivity contribution in [3.8, 4) is 11.5 Å². The fraction of sp³-hybridized carbons (Fsp3) is 0.588. The Labute approximate surface area is 125 Å². The molecular weight excluding hydrogens is 266 g/mol. The SMILES string of the molecule is CCC1(Cc2cc3c(cc2OC)CC(C)O3)CCC(=O)N1. The average Bonchev–Trinajstić information content (AvgIpc) is 3.00. The predicted octanol–water partition coefficient (Wildman–Crippen LogP) is 2.62. The highest BCUT2D eigenvalue weighted by Crippen LogP contribution is 2.38. The summed E-state index contributed by atoms with van der Waals surface area (Å²) in [4.78, 5) is 11.6. The molecule has 1 amide bonds. The molecule has 1 fully saturated rings. The molecule has 0 saturated carbocycles. The van der Waals surface area contributed by atoms with Crippen molar-refractivity contribution in [2.24, 2.45) is 0 Å². The van der Waals surface area contributed by atoms with Gasteiger partial charge in [-0.3, -0.25) is 4.79 Å². The number of carbonyl (C=O) groups is 1. The van der Waals surface area contributed by atoms with Gasteiger partial charge in [0, 0.05) is 29.5 Å². The number of ether oxygens (including phenoxy) is 2. The lowest BCUT2D eigenvalue weighted by atomic mass is 9.86. The lowest BCUT2D eigenvalue weighted by Crippen LogP contribution is -2.43. The molecule has 0 bridgehead atoms. The summed E-state index contributed by atoms with van der Waals surface area (Å²) in [6.07, 6.45) is 4.39. The van der Waals surface area contributed by atoms with Gasteiger partial charge >= 0.3 is 0 Å². The van der Waals surface area contributed by atoms with Gasteiger partial charge in [-0.2, -0.15) is 0 Å². The molecule has 3 rings (SSSR count). The second kappa shape index (κ2) is 5.24. The molecule has 4 heteroatoms. The fourth-order valence-corrected chi connectivity index (χ4v) is 3.47. The van der Waals surface area contributed by atoms with Gasteiger partial charge in [-0.25, -0.2) is 0 Å². The number of hydrogen-bond donors (Lipinski definition) is 1. The van der Waals surface area contributed by atoms with Gasteiger partial charge in [-0.1, -0.05) is 6.92 Å². The van der Waals surface area contributed by atoms with Crippen LogP contribution in [-0.2, 0) is 17.6 Å². The van der Waals surface area contributed by atoms with Crippen LogP contribution in [0, 0.1) is 0 Å². The van der Waals surface area contributed by atoms with Crippen LogP contribution >= 0.6 is 0 Å². The Morgan fingerprint density at radius 2 is 2.29 bits per heavy atom. The molecule has 1 aromatic carbocycles. The monoisotopic (exact) mass is 289 g/mol. The van der Waals surface area contributed by atoms with Gasteiger partial charge < -0.3 is 14.8 Å². The highest BCUT2D eigenvalue weighted by atomic mass is 16.5. The maximum absolute atomic E-state index is 11.6. The highest BCUT2D eigenvalue weighted by molar-refractivity contribution is 5.79. The molecule has 4 nitrogen and oxygen atoms in total. The Morgan fingerprint density at radius 3 is 2.90 bits per heavy atom. The van der Waals surface area contributed by atoms with Crippen LogP contribution in [0.1, 0.15) is 44.2 Å². The van der Waals surface area contributed by atoms with Crippen LogP contribution in [0.15, 0.2) is 12.1 Å². The summed E-state index contributed by atoms with van der Waals surface area (Å²) in [5, 5.41) is 3.16. The van der Waals surface area contributed by atoms with E-state index in [1.807, 2.05) is 0 Å². The van der Waals surface area contributed by atoms with Crippen LogP contribution in [0.25, 0.3) is 0 Å². The first-order valence-corrected chi connectivity index (χ1v) is 7.73. The zero-order valence-electron chi connectivity index (χ0n) is 13.0. The van der Waals surface area contributed by atoms with Crippen LogP contribution in [0.2, 0.25) is 0 Å². The summed E-state index contributed by atoms with van der Waals surface area (Å²) >= 11 is 0. The maximum Gasteiger partial charge on any atom is 0.220 e. The van der Waals surface area contributed by atoms with Crippen LogP contribution < -0.4 is 14.8 Å². The zero-order valence-corrected chi connectivity index (χ0v) is 13.0. The Morgan fingerprint density at radius 1 is 1.48 bits per heavy atom. The van der Waals surface area contributed by atoms with Crippen molar-refractivity contribution in [1.82, 2.24) is 5.32 Å². The minimum atomic E-state index is -0.136. The normalized spacial score (nSPS) is 27.2. The van der Waals surface area contributed by atoms with Crippen molar-refractivity contribution in [3.63, 3.8) is 0 Å². The molecule has 1 aromatic rings. The number of amides is 1. The quantitative estimate of drug-likeness (QED) is 0.927. The van der Waals surface area contributed by atoms with Gasteiger partial charge in [0.15, 0.2) is 0 Å². The molecule has 2 unspecified atom stereocenters. The van der Waals surface area contributed by atoms with Crippen molar-refractivity contribution in [2.75, 3.05) is 7.11 Å². The van der Waals surface area contributed by atoms with E-state index >= 15 is 0 Å². The van der Waals surface area contributed by atoms with Gasteiger partial charge in [0.2, 0.25) is 5.91 Å². The van der Waals surface area contributed by atoms with E-state index in [0.717, 1.165) is 42.7 Å². The summed E-state index contributed by atoms with van der Waals surface area (Å²) in [6, 6.07) is 4.19. The minimum absolute atomic E-state index is 0.136. The molecule has 0 radical (unpaired) electrons. The summed E-state index contributed by atoms with van der Waals surface area (Å²) in [5.41, 5.74) is 2.20. The molecule has 2 heterocycles. The topological polar surface area (TPSA) is 47.6 Å². The number of fused-ring (bicyclic) bond motifs is 1. The minimum Gasteiger partial charge on any atom is -0.496 e. The van der Waals surface area contributed by atoms with Crippen LogP contribution in [0.5, 0.6) is 11.5 Å². The first-order valence-electron chi connectivity index (χ1n) is 7.73. The Balaban J connectivity index is 1.91. The molecule has 0 aromatic heterocycles. The number of methoxy groups -OCH3 is 1. The van der Waals surface area contributed by atoms with Crippen LogP contribution in [0.3, 0.4) is 0 Å². The van der Waals surface area contributed by atoms with Gasteiger partial charge in [0.25, 0.3) is 0 Å². The Kier molecular flexibility index (Phi) is 3.56. The number of nitrogens with one attached hydrogen (secondary N) is 1. The molecule has 2 aliphatic heterocycles. The van der Waals surface area contributed by atoms with E-state index in [1.165, 1.54) is 5.56 Å². The zero-order chi connectivity index (χ0) is 15.0. The third-order valence-electron chi connectivity index (χ3n) is 4.74. The Hall–Kier alpha value is -1.71. The number of carbonyl (C=O) groups excluding carboxylic acids is 1. The smallest absolute Gasteiger partial charge is 0.220 e. The van der Waals surface area contributed by atoms with E-state index in [4.69, 9.17) is 9.47 Å². The third-order valence-corrected chi connectivity index (χ3v) is 4.74. The average molecular weight is 289 g/mol. The molecular formula is C17H23NO3. The molecule has 2 atom stereocenters. The number of benzene rings is 1. The van der Waals surface area contributed by atoms with Gasteiger partial charge in [0.05, 0.1) is 7.11 Å². The maximum atomic E-state index is 11.6. The lowest BCUT2D eigenvalue weighted by Gasteiger charge is -2.28. The molecule has 0 aliphatic carbocycles.